The Labute approximate surface area is 218 Å². The molecule has 0 radical (unpaired) electrons. The standard InChI is InChI=1S/C25H33Cl2N3O4S/c1-7-18(4)28-25(32)19(5)29(14-20-21(26)12-9-13-22(20)27)23(31)15-30(35(6,33)34)24-16(2)10-8-11-17(24)3/h8-13,18-19H,7,14-15H2,1-6H3,(H,28,32)/t18-,19+/m1/s1. The number of rotatable bonds is 10. The van der Waals surface area contributed by atoms with Crippen LogP contribution < -0.4 is 9.62 Å². The molecule has 2 aromatic carbocycles. The molecule has 0 saturated heterocycles. The number of carbonyl (C=O) groups excluding carboxylic acids is 2. The van der Waals surface area contributed by atoms with Crippen LogP contribution in [0.4, 0.5) is 5.69 Å². The summed E-state index contributed by atoms with van der Waals surface area (Å²) < 4.78 is 26.6. The van der Waals surface area contributed by atoms with E-state index in [4.69, 9.17) is 23.2 Å². The van der Waals surface area contributed by atoms with Crippen LogP contribution in [0.5, 0.6) is 0 Å². The first kappa shape index (κ1) is 28.9. The summed E-state index contributed by atoms with van der Waals surface area (Å²) in [6.45, 7) is 8.45. The summed E-state index contributed by atoms with van der Waals surface area (Å²) in [7, 11) is -3.82. The lowest BCUT2D eigenvalue weighted by molar-refractivity contribution is -0.139. The van der Waals surface area contributed by atoms with E-state index in [2.05, 4.69) is 5.32 Å². The van der Waals surface area contributed by atoms with E-state index in [1.807, 2.05) is 19.9 Å². The number of nitrogens with zero attached hydrogens (tertiary/aromatic N) is 2. The van der Waals surface area contributed by atoms with Gasteiger partial charge in [-0.1, -0.05) is 54.4 Å². The van der Waals surface area contributed by atoms with Gasteiger partial charge in [0.2, 0.25) is 21.8 Å². The van der Waals surface area contributed by atoms with Gasteiger partial charge in [0.05, 0.1) is 11.9 Å². The van der Waals surface area contributed by atoms with Crippen molar-refractivity contribution in [2.24, 2.45) is 0 Å². The van der Waals surface area contributed by atoms with Crippen molar-refractivity contribution in [1.82, 2.24) is 10.2 Å². The number of hydrogen-bond donors (Lipinski definition) is 1. The Kier molecular flexibility index (Phi) is 10.0. The fourth-order valence-electron chi connectivity index (χ4n) is 3.68. The van der Waals surface area contributed by atoms with Crippen molar-refractivity contribution in [3.8, 4) is 0 Å². The molecular formula is C25H33Cl2N3O4S. The molecule has 0 aromatic heterocycles. The molecule has 2 aromatic rings. The van der Waals surface area contributed by atoms with Crippen LogP contribution in [-0.2, 0) is 26.2 Å². The predicted octanol–water partition coefficient (Wildman–Crippen LogP) is 4.71. The van der Waals surface area contributed by atoms with Crippen molar-refractivity contribution < 1.29 is 18.0 Å². The number of nitrogens with one attached hydrogen (secondary N) is 1. The number of para-hydroxylation sites is 1. The zero-order valence-electron chi connectivity index (χ0n) is 20.9. The summed E-state index contributed by atoms with van der Waals surface area (Å²) in [6, 6.07) is 9.39. The van der Waals surface area contributed by atoms with Crippen molar-refractivity contribution >= 4 is 50.7 Å². The molecule has 0 heterocycles. The van der Waals surface area contributed by atoms with Crippen LogP contribution in [0.2, 0.25) is 10.0 Å². The lowest BCUT2D eigenvalue weighted by Crippen LogP contribution is -2.52. The van der Waals surface area contributed by atoms with E-state index in [0.717, 1.165) is 17.0 Å². The zero-order valence-corrected chi connectivity index (χ0v) is 23.3. The molecule has 0 bridgehead atoms. The molecule has 0 aliphatic heterocycles. The average Bonchev–Trinajstić information content (AvgIpc) is 2.76. The fourth-order valence-corrected chi connectivity index (χ4v) is 5.16. The van der Waals surface area contributed by atoms with Crippen molar-refractivity contribution in [1.29, 1.82) is 0 Å². The Morgan fingerprint density at radius 2 is 1.51 bits per heavy atom. The SMILES string of the molecule is CC[C@@H](C)NC(=O)[C@H](C)N(Cc1c(Cl)cccc1Cl)C(=O)CN(c1c(C)cccc1C)S(C)(=O)=O. The van der Waals surface area contributed by atoms with Crippen LogP contribution in [-0.4, -0.2) is 50.0 Å². The number of benzene rings is 2. The third-order valence-electron chi connectivity index (χ3n) is 5.93. The maximum atomic E-state index is 13.7. The zero-order chi connectivity index (χ0) is 26.5. The molecule has 2 rings (SSSR count). The third-order valence-corrected chi connectivity index (χ3v) is 7.75. The van der Waals surface area contributed by atoms with Crippen LogP contribution >= 0.6 is 23.2 Å². The van der Waals surface area contributed by atoms with Gasteiger partial charge in [-0.15, -0.1) is 0 Å². The van der Waals surface area contributed by atoms with Gasteiger partial charge in [0.25, 0.3) is 0 Å². The molecule has 0 saturated carbocycles. The first-order valence-corrected chi connectivity index (χ1v) is 13.9. The van der Waals surface area contributed by atoms with Gasteiger partial charge >= 0.3 is 0 Å². The third kappa shape index (κ3) is 7.35. The largest absolute Gasteiger partial charge is 0.352 e. The quantitative estimate of drug-likeness (QED) is 0.471. The summed E-state index contributed by atoms with van der Waals surface area (Å²) in [5.74, 6) is -0.908. The van der Waals surface area contributed by atoms with Gasteiger partial charge in [-0.05, 0) is 57.4 Å². The van der Waals surface area contributed by atoms with Crippen molar-refractivity contribution in [3.63, 3.8) is 0 Å². The van der Waals surface area contributed by atoms with Crippen LogP contribution in [0.3, 0.4) is 0 Å². The number of sulfonamides is 1. The van der Waals surface area contributed by atoms with Crippen LogP contribution in [0.1, 0.15) is 43.9 Å². The molecule has 0 fully saturated rings. The highest BCUT2D eigenvalue weighted by atomic mass is 35.5. The molecule has 0 unspecified atom stereocenters. The van der Waals surface area contributed by atoms with E-state index in [9.17, 15) is 18.0 Å². The second-order valence-corrected chi connectivity index (χ2v) is 11.4. The van der Waals surface area contributed by atoms with Crippen LogP contribution in [0, 0.1) is 13.8 Å². The van der Waals surface area contributed by atoms with E-state index in [1.54, 1.807) is 51.1 Å². The topological polar surface area (TPSA) is 86.8 Å². The molecule has 7 nitrogen and oxygen atoms in total. The highest BCUT2D eigenvalue weighted by molar-refractivity contribution is 7.92. The first-order valence-electron chi connectivity index (χ1n) is 11.3. The van der Waals surface area contributed by atoms with Crippen molar-refractivity contribution in [2.45, 2.75) is 59.7 Å². The maximum absolute atomic E-state index is 13.7. The lowest BCUT2D eigenvalue weighted by atomic mass is 10.1. The van der Waals surface area contributed by atoms with E-state index in [0.29, 0.717) is 32.4 Å². The molecule has 1 N–H and O–H groups in total. The Morgan fingerprint density at radius 3 is 2.00 bits per heavy atom. The van der Waals surface area contributed by atoms with Gasteiger partial charge in [-0.25, -0.2) is 8.42 Å². The number of anilines is 1. The summed E-state index contributed by atoms with van der Waals surface area (Å²) in [6.07, 6.45) is 1.78. The minimum absolute atomic E-state index is 0.0587. The smallest absolute Gasteiger partial charge is 0.244 e. The Balaban J connectivity index is 2.51. The van der Waals surface area contributed by atoms with E-state index in [1.165, 1.54) is 4.90 Å². The van der Waals surface area contributed by atoms with Crippen LogP contribution in [0.15, 0.2) is 36.4 Å². The summed E-state index contributed by atoms with van der Waals surface area (Å²) in [5, 5.41) is 3.58. The molecule has 2 atom stereocenters. The Hall–Kier alpha value is -2.29. The molecule has 35 heavy (non-hydrogen) atoms. The molecule has 0 spiro atoms. The summed E-state index contributed by atoms with van der Waals surface area (Å²) in [4.78, 5) is 28.0. The number of carbonyl (C=O) groups is 2. The second-order valence-electron chi connectivity index (χ2n) is 8.73. The average molecular weight is 543 g/mol. The van der Waals surface area contributed by atoms with Gasteiger partial charge in [0.15, 0.2) is 0 Å². The molecule has 2 amide bonds. The monoisotopic (exact) mass is 541 g/mol. The van der Waals surface area contributed by atoms with Gasteiger partial charge in [-0.3, -0.25) is 13.9 Å². The molecule has 192 valence electrons. The lowest BCUT2D eigenvalue weighted by Gasteiger charge is -2.33. The number of aryl methyl sites for hydroxylation is 2. The predicted molar refractivity (Wildman–Crippen MR) is 142 cm³/mol. The van der Waals surface area contributed by atoms with Gasteiger partial charge in [0, 0.05) is 28.2 Å². The second kappa shape index (κ2) is 12.1. The Morgan fingerprint density at radius 1 is 1.00 bits per heavy atom. The maximum Gasteiger partial charge on any atom is 0.244 e. The summed E-state index contributed by atoms with van der Waals surface area (Å²) >= 11 is 12.7. The van der Waals surface area contributed by atoms with E-state index < -0.39 is 28.5 Å². The minimum atomic E-state index is -3.82. The van der Waals surface area contributed by atoms with E-state index in [-0.39, 0.29) is 18.5 Å². The number of halogens is 2. The molecular weight excluding hydrogens is 509 g/mol. The van der Waals surface area contributed by atoms with Crippen molar-refractivity contribution in [3.05, 3.63) is 63.1 Å². The number of hydrogen-bond acceptors (Lipinski definition) is 4. The molecule has 0 aliphatic carbocycles. The fraction of sp³-hybridized carbons (Fsp3) is 0.440. The molecule has 10 heteroatoms. The molecule has 0 aliphatic rings. The van der Waals surface area contributed by atoms with E-state index >= 15 is 0 Å². The number of amides is 2. The Bertz CT molecular complexity index is 1150. The van der Waals surface area contributed by atoms with Crippen LogP contribution in [0.25, 0.3) is 0 Å². The van der Waals surface area contributed by atoms with Gasteiger partial charge in [-0.2, -0.15) is 0 Å². The summed E-state index contributed by atoms with van der Waals surface area (Å²) in [5.41, 5.74) is 2.35. The first-order chi connectivity index (χ1) is 16.3. The van der Waals surface area contributed by atoms with Gasteiger partial charge < -0.3 is 10.2 Å². The minimum Gasteiger partial charge on any atom is -0.352 e. The highest BCUT2D eigenvalue weighted by Gasteiger charge is 2.32. The normalized spacial score (nSPS) is 13.1. The van der Waals surface area contributed by atoms with Crippen molar-refractivity contribution in [2.75, 3.05) is 17.1 Å². The highest BCUT2D eigenvalue weighted by Crippen LogP contribution is 2.29. The van der Waals surface area contributed by atoms with Gasteiger partial charge in [0.1, 0.15) is 12.6 Å².